The fourth-order valence-electron chi connectivity index (χ4n) is 4.19. The Morgan fingerprint density at radius 2 is 1.26 bits per heavy atom. The highest BCUT2D eigenvalue weighted by molar-refractivity contribution is 6.74. The summed E-state index contributed by atoms with van der Waals surface area (Å²) >= 11 is 0. The molecule has 0 aromatic carbocycles. The van der Waals surface area contributed by atoms with E-state index in [0.29, 0.717) is 6.42 Å². The Morgan fingerprint density at radius 1 is 0.839 bits per heavy atom. The Labute approximate surface area is 190 Å². The molecule has 6 nitrogen and oxygen atoms in total. The van der Waals surface area contributed by atoms with Gasteiger partial charge in [-0.3, -0.25) is 4.79 Å². The monoisotopic (exact) mass is 472 g/mol. The lowest BCUT2D eigenvalue weighted by atomic mass is 9.96. The second kappa shape index (κ2) is 7.63. The van der Waals surface area contributed by atoms with Crippen molar-refractivity contribution in [3.05, 3.63) is 0 Å². The summed E-state index contributed by atoms with van der Waals surface area (Å²) in [6.45, 7) is 26.0. The molecule has 3 rings (SSSR count). The predicted molar refractivity (Wildman–Crippen MR) is 126 cm³/mol. The minimum Gasteiger partial charge on any atom is -0.459 e. The first-order chi connectivity index (χ1) is 13.8. The number of fused-ring (bicyclic) bond motifs is 3. The fourth-order valence-corrected chi connectivity index (χ4v) is 6.84. The number of carbonyl (C=O) groups is 1. The summed E-state index contributed by atoms with van der Waals surface area (Å²) in [6.07, 6.45) is -1.17. The summed E-state index contributed by atoms with van der Waals surface area (Å²) in [5.74, 6) is -1.30. The molecule has 0 unspecified atom stereocenters. The highest BCUT2D eigenvalue weighted by Gasteiger charge is 2.63. The molecular weight excluding hydrogens is 428 g/mol. The number of esters is 1. The third-order valence-corrected chi connectivity index (χ3v) is 17.1. The van der Waals surface area contributed by atoms with Gasteiger partial charge in [-0.25, -0.2) is 0 Å². The average molecular weight is 473 g/mol. The van der Waals surface area contributed by atoms with Crippen molar-refractivity contribution in [2.24, 2.45) is 5.92 Å². The van der Waals surface area contributed by atoms with Crippen LogP contribution in [0.1, 0.15) is 61.8 Å². The molecule has 0 amide bonds. The van der Waals surface area contributed by atoms with Crippen LogP contribution >= 0.6 is 0 Å². The van der Waals surface area contributed by atoms with Crippen LogP contribution in [0, 0.1) is 5.92 Å². The summed E-state index contributed by atoms with van der Waals surface area (Å²) in [7, 11) is -4.30. The van der Waals surface area contributed by atoms with Crippen LogP contribution in [0.15, 0.2) is 0 Å². The van der Waals surface area contributed by atoms with Crippen LogP contribution in [0.25, 0.3) is 0 Å². The number of rotatable bonds is 4. The van der Waals surface area contributed by atoms with E-state index in [1.54, 1.807) is 0 Å². The van der Waals surface area contributed by atoms with Gasteiger partial charge in [-0.2, -0.15) is 0 Å². The molecule has 0 spiro atoms. The summed E-state index contributed by atoms with van der Waals surface area (Å²) in [6, 6.07) is 0. The first kappa shape index (κ1) is 25.4. The van der Waals surface area contributed by atoms with Crippen LogP contribution in [0.5, 0.6) is 0 Å². The van der Waals surface area contributed by atoms with Crippen molar-refractivity contribution in [1.82, 2.24) is 0 Å². The molecule has 3 aliphatic rings. The lowest BCUT2D eigenvalue weighted by Gasteiger charge is -2.44. The van der Waals surface area contributed by atoms with E-state index in [1.165, 1.54) is 0 Å². The van der Waals surface area contributed by atoms with Crippen molar-refractivity contribution in [3.63, 3.8) is 0 Å². The van der Waals surface area contributed by atoms with E-state index in [2.05, 4.69) is 67.7 Å². The third kappa shape index (κ3) is 4.71. The molecule has 1 aliphatic carbocycles. The van der Waals surface area contributed by atoms with Crippen LogP contribution in [0.2, 0.25) is 36.3 Å². The third-order valence-electron chi connectivity index (χ3n) is 8.10. The second-order valence-corrected chi connectivity index (χ2v) is 22.6. The molecule has 2 aliphatic heterocycles. The quantitative estimate of drug-likeness (QED) is 0.412. The molecule has 6 atom stereocenters. The maximum Gasteiger partial charge on any atom is 0.312 e. The lowest BCUT2D eigenvalue weighted by Crippen LogP contribution is -2.57. The highest BCUT2D eigenvalue weighted by Crippen LogP contribution is 2.49. The molecule has 31 heavy (non-hydrogen) atoms. The summed E-state index contributed by atoms with van der Waals surface area (Å²) in [4.78, 5) is 13.0. The molecule has 0 radical (unpaired) electrons. The first-order valence-electron chi connectivity index (χ1n) is 11.7. The molecule has 0 N–H and O–H groups in total. The van der Waals surface area contributed by atoms with E-state index in [0.717, 1.165) is 0 Å². The Kier molecular flexibility index (Phi) is 6.25. The maximum atomic E-state index is 13.0. The van der Waals surface area contributed by atoms with E-state index in [1.807, 2.05) is 13.8 Å². The van der Waals surface area contributed by atoms with Gasteiger partial charge in [0.15, 0.2) is 22.4 Å². The van der Waals surface area contributed by atoms with Crippen molar-refractivity contribution < 1.29 is 27.9 Å². The molecule has 1 saturated carbocycles. The number of hydrogen-bond donors (Lipinski definition) is 0. The van der Waals surface area contributed by atoms with Crippen molar-refractivity contribution in [2.75, 3.05) is 0 Å². The predicted octanol–water partition coefficient (Wildman–Crippen LogP) is 5.23. The Bertz CT molecular complexity index is 706. The largest absolute Gasteiger partial charge is 0.459 e. The van der Waals surface area contributed by atoms with Gasteiger partial charge in [-0.05, 0) is 50.1 Å². The van der Waals surface area contributed by atoms with Gasteiger partial charge in [0.25, 0.3) is 0 Å². The lowest BCUT2D eigenvalue weighted by molar-refractivity contribution is -0.165. The molecule has 8 heteroatoms. The number of carbonyl (C=O) groups excluding carboxylic acids is 1. The van der Waals surface area contributed by atoms with Gasteiger partial charge in [-0.15, -0.1) is 0 Å². The van der Waals surface area contributed by atoms with Crippen LogP contribution in [0.3, 0.4) is 0 Å². The van der Waals surface area contributed by atoms with Crippen LogP contribution in [-0.2, 0) is 27.9 Å². The normalized spacial score (nSPS) is 36.2. The van der Waals surface area contributed by atoms with Gasteiger partial charge in [0.2, 0.25) is 0 Å². The van der Waals surface area contributed by atoms with Crippen molar-refractivity contribution in [1.29, 1.82) is 0 Å². The van der Waals surface area contributed by atoms with E-state index in [9.17, 15) is 4.79 Å². The van der Waals surface area contributed by atoms with Gasteiger partial charge in [0.05, 0.1) is 12.0 Å². The molecular formula is C23H44O6Si2. The van der Waals surface area contributed by atoms with Crippen LogP contribution in [-0.4, -0.2) is 58.9 Å². The smallest absolute Gasteiger partial charge is 0.312 e. The van der Waals surface area contributed by atoms with Crippen molar-refractivity contribution >= 4 is 22.6 Å². The number of ether oxygens (including phenoxy) is 3. The molecule has 2 bridgehead atoms. The molecule has 2 heterocycles. The van der Waals surface area contributed by atoms with Gasteiger partial charge in [-0.1, -0.05) is 41.5 Å². The summed E-state index contributed by atoms with van der Waals surface area (Å²) in [5, 5.41) is 0.0472. The molecule has 2 saturated heterocycles. The Hall–Kier alpha value is -0.256. The highest BCUT2D eigenvalue weighted by atomic mass is 28.4. The van der Waals surface area contributed by atoms with E-state index >= 15 is 0 Å². The zero-order valence-corrected chi connectivity index (χ0v) is 23.6. The van der Waals surface area contributed by atoms with Gasteiger partial charge < -0.3 is 23.1 Å². The summed E-state index contributed by atoms with van der Waals surface area (Å²) < 4.78 is 32.5. The zero-order valence-electron chi connectivity index (χ0n) is 21.6. The Balaban J connectivity index is 2.01. The van der Waals surface area contributed by atoms with E-state index in [-0.39, 0.29) is 46.4 Å². The van der Waals surface area contributed by atoms with Gasteiger partial charge >= 0.3 is 5.97 Å². The minimum absolute atomic E-state index is 0.0166. The summed E-state index contributed by atoms with van der Waals surface area (Å²) in [5.41, 5.74) is 0. The maximum absolute atomic E-state index is 13.0. The molecule has 180 valence electrons. The van der Waals surface area contributed by atoms with Gasteiger partial charge in [0, 0.05) is 6.42 Å². The van der Waals surface area contributed by atoms with Crippen molar-refractivity contribution in [3.8, 4) is 0 Å². The van der Waals surface area contributed by atoms with E-state index in [4.69, 9.17) is 23.1 Å². The average Bonchev–Trinajstić information content (AvgIpc) is 3.05. The van der Waals surface area contributed by atoms with Gasteiger partial charge in [0.1, 0.15) is 24.4 Å². The minimum atomic E-state index is -2.16. The number of hydrogen-bond acceptors (Lipinski definition) is 6. The molecule has 0 aromatic heterocycles. The fraction of sp³-hybridized carbons (Fsp3) is 0.957. The van der Waals surface area contributed by atoms with Crippen LogP contribution < -0.4 is 0 Å². The zero-order chi connectivity index (χ0) is 23.8. The van der Waals surface area contributed by atoms with E-state index < -0.39 is 28.5 Å². The first-order valence-corrected chi connectivity index (χ1v) is 17.5. The molecule has 0 aromatic rings. The van der Waals surface area contributed by atoms with Crippen molar-refractivity contribution in [2.45, 2.75) is 134 Å². The molecule has 3 fully saturated rings. The second-order valence-electron chi connectivity index (χ2n) is 13.1. The van der Waals surface area contributed by atoms with Crippen LogP contribution in [0.4, 0.5) is 0 Å². The standard InChI is InChI=1S/C23H44O6Si2/c1-21(2,3)30(9,10)28-16-14-13-15(25-20(14)24)17(29-31(11,12)22(4,5)6)19-18(16)26-23(7,8)27-19/h14-19H,13H2,1-12H3/t14-,15+,16-,17+,18+,19+/m1/s1. The topological polar surface area (TPSA) is 63.2 Å². The SMILES string of the molecule is CC1(C)O[C@@H]2[C@@H](O1)[C@H](O[Si](C)(C)C(C)(C)C)[C@H]1C[C@H](OC1=O)[C@@H]2O[Si](C)(C)C(C)(C)C. The Morgan fingerprint density at radius 3 is 1.71 bits per heavy atom.